The Hall–Kier alpha value is -2.75. The van der Waals surface area contributed by atoms with Gasteiger partial charge in [-0.2, -0.15) is 9.40 Å². The van der Waals surface area contributed by atoms with Crippen LogP contribution in [-0.2, 0) is 10.0 Å². The normalized spacial score (nSPS) is 15.7. The fraction of sp³-hybridized carbons (Fsp3) is 0.286. The summed E-state index contributed by atoms with van der Waals surface area (Å²) in [6.07, 6.45) is 1.66. The van der Waals surface area contributed by atoms with Gasteiger partial charge in [0.2, 0.25) is 10.0 Å². The zero-order valence-corrected chi connectivity index (χ0v) is 18.4. The Balaban J connectivity index is 1.66. The molecule has 0 radical (unpaired) electrons. The molecule has 8 nitrogen and oxygen atoms in total. The molecule has 2 heterocycles. The highest BCUT2D eigenvalue weighted by molar-refractivity contribution is 7.89. The summed E-state index contributed by atoms with van der Waals surface area (Å²) < 4.78 is 27.3. The highest BCUT2D eigenvalue weighted by Gasteiger charge is 2.29. The summed E-state index contributed by atoms with van der Waals surface area (Å²) in [5.74, 6) is 0.496. The molecule has 0 bridgehead atoms. The van der Waals surface area contributed by atoms with Gasteiger partial charge in [0.15, 0.2) is 5.82 Å². The van der Waals surface area contributed by atoms with Crippen molar-refractivity contribution in [3.63, 3.8) is 0 Å². The van der Waals surface area contributed by atoms with Crippen LogP contribution in [0.3, 0.4) is 0 Å². The molecule has 3 aromatic rings. The fourth-order valence-corrected chi connectivity index (χ4v) is 5.30. The fourth-order valence-electron chi connectivity index (χ4n) is 3.56. The van der Waals surface area contributed by atoms with Crippen molar-refractivity contribution in [1.82, 2.24) is 24.8 Å². The average molecular weight is 460 g/mol. The monoisotopic (exact) mass is 459 g/mol. The summed E-state index contributed by atoms with van der Waals surface area (Å²) in [6, 6.07) is 12.8. The van der Waals surface area contributed by atoms with Crippen LogP contribution in [0.4, 0.5) is 0 Å². The number of rotatable bonds is 6. The Morgan fingerprint density at radius 2 is 1.87 bits per heavy atom. The maximum absolute atomic E-state index is 13.2. The summed E-state index contributed by atoms with van der Waals surface area (Å²) in [4.78, 5) is 17.6. The number of carbonyl (C=O) groups is 1. The Morgan fingerprint density at radius 1 is 1.16 bits per heavy atom. The summed E-state index contributed by atoms with van der Waals surface area (Å²) in [5.41, 5.74) is 0.863. The zero-order valence-electron chi connectivity index (χ0n) is 16.9. The van der Waals surface area contributed by atoms with Gasteiger partial charge >= 0.3 is 0 Å². The number of H-pyrrole nitrogens is 1. The topological polar surface area (TPSA) is 108 Å². The van der Waals surface area contributed by atoms with E-state index in [0.29, 0.717) is 24.7 Å². The largest absolute Gasteiger partial charge is 0.338 e. The van der Waals surface area contributed by atoms with Crippen LogP contribution in [-0.4, -0.2) is 46.9 Å². The third kappa shape index (κ3) is 4.48. The first-order chi connectivity index (χ1) is 14.9. The van der Waals surface area contributed by atoms with Gasteiger partial charge in [-0.05, 0) is 43.5 Å². The van der Waals surface area contributed by atoms with E-state index in [4.69, 9.17) is 11.6 Å². The molecule has 10 heteroatoms. The number of aromatic amines is 1. The maximum atomic E-state index is 13.2. The summed E-state index contributed by atoms with van der Waals surface area (Å²) in [6.45, 7) is 2.73. The Bertz CT molecular complexity index is 1190. The second kappa shape index (κ2) is 8.78. The lowest BCUT2D eigenvalue weighted by atomic mass is 10.1. The van der Waals surface area contributed by atoms with Gasteiger partial charge in [0.05, 0.1) is 15.5 Å². The predicted molar refractivity (Wildman–Crippen MR) is 116 cm³/mol. The van der Waals surface area contributed by atoms with Crippen molar-refractivity contribution in [3.8, 4) is 0 Å². The first-order valence-electron chi connectivity index (χ1n) is 9.90. The summed E-state index contributed by atoms with van der Waals surface area (Å²) in [5, 5.41) is 10.0. The highest BCUT2D eigenvalue weighted by Crippen LogP contribution is 2.26. The molecule has 1 aliphatic rings. The van der Waals surface area contributed by atoms with Gasteiger partial charge in [0, 0.05) is 13.1 Å². The van der Waals surface area contributed by atoms with Gasteiger partial charge in [0.25, 0.3) is 5.91 Å². The van der Waals surface area contributed by atoms with Crippen molar-refractivity contribution in [2.75, 3.05) is 13.1 Å². The standard InChI is InChI=1S/C21H22ClN5O3S/c1-14-23-20(26-25-14)19(15-7-3-2-4-8-15)24-21(28)17-13-16(9-10-18(17)22)31(29,30)27-11-5-6-12-27/h2-4,7-10,13,19H,5-6,11-12H2,1H3,(H,24,28)(H,23,25,26). The van der Waals surface area contributed by atoms with Gasteiger partial charge in [-0.15, -0.1) is 0 Å². The van der Waals surface area contributed by atoms with Crippen molar-refractivity contribution in [2.24, 2.45) is 0 Å². The SMILES string of the molecule is Cc1nc(C(NC(=O)c2cc(S(=O)(=O)N3CCCC3)ccc2Cl)c2ccccc2)n[nH]1. The minimum absolute atomic E-state index is 0.0500. The van der Waals surface area contributed by atoms with Crippen LogP contribution in [0.5, 0.6) is 0 Å². The van der Waals surface area contributed by atoms with E-state index in [-0.39, 0.29) is 15.5 Å². The zero-order chi connectivity index (χ0) is 22.0. The van der Waals surface area contributed by atoms with E-state index in [2.05, 4.69) is 20.5 Å². The van der Waals surface area contributed by atoms with E-state index in [1.165, 1.54) is 22.5 Å². The Labute approximate surface area is 185 Å². The van der Waals surface area contributed by atoms with Crippen LogP contribution in [0.15, 0.2) is 53.4 Å². The molecule has 0 spiro atoms. The number of halogens is 1. The van der Waals surface area contributed by atoms with E-state index in [0.717, 1.165) is 18.4 Å². The molecular formula is C21H22ClN5O3S. The van der Waals surface area contributed by atoms with Gasteiger partial charge in [0.1, 0.15) is 11.9 Å². The number of sulfonamides is 1. The first-order valence-corrected chi connectivity index (χ1v) is 11.7. The molecule has 1 saturated heterocycles. The lowest BCUT2D eigenvalue weighted by Gasteiger charge is -2.18. The second-order valence-corrected chi connectivity index (χ2v) is 9.69. The molecule has 2 aromatic carbocycles. The summed E-state index contributed by atoms with van der Waals surface area (Å²) >= 11 is 6.27. The van der Waals surface area contributed by atoms with Gasteiger partial charge in [-0.25, -0.2) is 13.4 Å². The number of aromatic nitrogens is 3. The Morgan fingerprint density at radius 3 is 2.52 bits per heavy atom. The smallest absolute Gasteiger partial charge is 0.253 e. The van der Waals surface area contributed by atoms with E-state index in [9.17, 15) is 13.2 Å². The van der Waals surface area contributed by atoms with E-state index < -0.39 is 22.0 Å². The number of amides is 1. The third-order valence-corrected chi connectivity index (χ3v) is 7.39. The highest BCUT2D eigenvalue weighted by atomic mass is 35.5. The molecule has 1 aromatic heterocycles. The van der Waals surface area contributed by atoms with Crippen LogP contribution in [0.2, 0.25) is 5.02 Å². The third-order valence-electron chi connectivity index (χ3n) is 5.17. The second-order valence-electron chi connectivity index (χ2n) is 7.35. The van der Waals surface area contributed by atoms with Crippen LogP contribution in [0, 0.1) is 6.92 Å². The number of nitrogens with one attached hydrogen (secondary N) is 2. The van der Waals surface area contributed by atoms with Gasteiger partial charge in [-0.1, -0.05) is 41.9 Å². The Kier molecular flexibility index (Phi) is 6.08. The number of benzene rings is 2. The summed E-state index contributed by atoms with van der Waals surface area (Å²) in [7, 11) is -3.68. The molecule has 1 atom stereocenters. The van der Waals surface area contributed by atoms with Crippen LogP contribution >= 0.6 is 11.6 Å². The molecule has 1 unspecified atom stereocenters. The molecule has 162 valence electrons. The number of aryl methyl sites for hydroxylation is 1. The van der Waals surface area contributed by atoms with Crippen molar-refractivity contribution in [1.29, 1.82) is 0 Å². The number of hydrogen-bond donors (Lipinski definition) is 2. The van der Waals surface area contributed by atoms with Crippen molar-refractivity contribution < 1.29 is 13.2 Å². The van der Waals surface area contributed by atoms with E-state index >= 15 is 0 Å². The van der Waals surface area contributed by atoms with Crippen LogP contribution < -0.4 is 5.32 Å². The molecule has 0 aliphatic carbocycles. The molecule has 1 fully saturated rings. The first kappa shape index (κ1) is 21.5. The number of nitrogens with zero attached hydrogens (tertiary/aromatic N) is 3. The molecule has 2 N–H and O–H groups in total. The maximum Gasteiger partial charge on any atom is 0.253 e. The van der Waals surface area contributed by atoms with Crippen molar-refractivity contribution in [2.45, 2.75) is 30.7 Å². The van der Waals surface area contributed by atoms with Crippen molar-refractivity contribution >= 4 is 27.5 Å². The lowest BCUT2D eigenvalue weighted by Crippen LogP contribution is -2.31. The molecular weight excluding hydrogens is 438 g/mol. The molecule has 0 saturated carbocycles. The minimum Gasteiger partial charge on any atom is -0.338 e. The molecule has 4 rings (SSSR count). The minimum atomic E-state index is -3.68. The van der Waals surface area contributed by atoms with Crippen LogP contribution in [0.1, 0.15) is 46.5 Å². The molecule has 1 amide bonds. The average Bonchev–Trinajstić information content (AvgIpc) is 3.45. The van der Waals surface area contributed by atoms with Gasteiger partial charge < -0.3 is 5.32 Å². The quantitative estimate of drug-likeness (QED) is 0.589. The van der Waals surface area contributed by atoms with E-state index in [1.807, 2.05) is 30.3 Å². The van der Waals surface area contributed by atoms with E-state index in [1.54, 1.807) is 6.92 Å². The molecule has 31 heavy (non-hydrogen) atoms. The molecule has 1 aliphatic heterocycles. The van der Waals surface area contributed by atoms with Crippen molar-refractivity contribution in [3.05, 3.63) is 76.3 Å². The predicted octanol–water partition coefficient (Wildman–Crippen LogP) is 3.07. The number of hydrogen-bond acceptors (Lipinski definition) is 5. The lowest BCUT2D eigenvalue weighted by molar-refractivity contribution is 0.0941. The van der Waals surface area contributed by atoms with Gasteiger partial charge in [-0.3, -0.25) is 9.89 Å². The van der Waals surface area contributed by atoms with Crippen LogP contribution in [0.25, 0.3) is 0 Å². The number of carbonyl (C=O) groups excluding carboxylic acids is 1.